The molecule has 3 aromatic rings. The molecular weight excluding hydrogens is 445 g/mol. The number of amides is 1. The van der Waals surface area contributed by atoms with E-state index in [1.165, 1.54) is 0 Å². The lowest BCUT2D eigenvalue weighted by Gasteiger charge is -2.28. The minimum Gasteiger partial charge on any atom is -0.426 e. The highest BCUT2D eigenvalue weighted by Gasteiger charge is 2.48. The van der Waals surface area contributed by atoms with E-state index in [4.69, 9.17) is 9.57 Å². The zero-order valence-corrected chi connectivity index (χ0v) is 19.3. The first-order chi connectivity index (χ1) is 17.0. The molecule has 8 nitrogen and oxygen atoms in total. The third-order valence-electron chi connectivity index (χ3n) is 5.81. The monoisotopic (exact) mass is 473 g/mol. The molecule has 0 bridgehead atoms. The molecule has 1 aliphatic heterocycles. The van der Waals surface area contributed by atoms with Gasteiger partial charge >= 0.3 is 7.12 Å². The molecule has 0 spiro atoms. The van der Waals surface area contributed by atoms with Crippen molar-refractivity contribution in [3.8, 4) is 0 Å². The van der Waals surface area contributed by atoms with Crippen molar-refractivity contribution >= 4 is 18.7 Å². The van der Waals surface area contributed by atoms with Crippen LogP contribution in [0.2, 0.25) is 0 Å². The van der Waals surface area contributed by atoms with Gasteiger partial charge in [-0.25, -0.2) is 0 Å². The highest BCUT2D eigenvalue weighted by Crippen LogP contribution is 2.29. The molecule has 1 unspecified atom stereocenters. The maximum Gasteiger partial charge on any atom is 0.475 e. The molecule has 1 aromatic heterocycles. The van der Waals surface area contributed by atoms with Gasteiger partial charge in [-0.15, -0.1) is 0 Å². The summed E-state index contributed by atoms with van der Waals surface area (Å²) in [5.74, 6) is -1.37. The van der Waals surface area contributed by atoms with Crippen LogP contribution in [-0.4, -0.2) is 51.9 Å². The van der Waals surface area contributed by atoms with Crippen LogP contribution in [0.5, 0.6) is 0 Å². The fraction of sp³-hybridized carbons (Fsp3) is 0.269. The van der Waals surface area contributed by atoms with Crippen LogP contribution in [0, 0.1) is 0 Å². The van der Waals surface area contributed by atoms with E-state index in [-0.39, 0.29) is 25.9 Å². The average Bonchev–Trinajstić information content (AvgIpc) is 3.29. The number of pyridine rings is 1. The van der Waals surface area contributed by atoms with Gasteiger partial charge in [0.2, 0.25) is 5.60 Å². The Balaban J connectivity index is 1.45. The summed E-state index contributed by atoms with van der Waals surface area (Å²) >= 11 is 0. The second-order valence-electron chi connectivity index (χ2n) is 8.58. The highest BCUT2D eigenvalue weighted by molar-refractivity contribution is 6.43. The van der Waals surface area contributed by atoms with E-state index in [2.05, 4.69) is 15.5 Å². The molecule has 180 valence electrons. The molecule has 1 aliphatic rings. The van der Waals surface area contributed by atoms with Crippen LogP contribution in [0.3, 0.4) is 0 Å². The summed E-state index contributed by atoms with van der Waals surface area (Å²) < 4.78 is 5.74. The van der Waals surface area contributed by atoms with Gasteiger partial charge in [-0.3, -0.25) is 9.78 Å². The van der Waals surface area contributed by atoms with Gasteiger partial charge in [-0.2, -0.15) is 0 Å². The Bertz CT molecular complexity index is 1120. The number of ether oxygens (including phenoxy) is 1. The van der Waals surface area contributed by atoms with Crippen molar-refractivity contribution in [2.24, 2.45) is 5.16 Å². The van der Waals surface area contributed by atoms with E-state index in [1.807, 2.05) is 78.9 Å². The predicted octanol–water partition coefficient (Wildman–Crippen LogP) is 2.10. The van der Waals surface area contributed by atoms with Crippen molar-refractivity contribution in [2.45, 2.75) is 37.4 Å². The van der Waals surface area contributed by atoms with Crippen molar-refractivity contribution in [1.82, 2.24) is 10.3 Å². The summed E-state index contributed by atoms with van der Waals surface area (Å²) in [6, 6.07) is 24.4. The molecule has 2 aromatic carbocycles. The van der Waals surface area contributed by atoms with E-state index in [0.717, 1.165) is 16.8 Å². The number of oxime groups is 1. The van der Waals surface area contributed by atoms with Crippen LogP contribution < -0.4 is 5.32 Å². The molecule has 3 N–H and O–H groups in total. The molecule has 2 atom stereocenters. The van der Waals surface area contributed by atoms with Gasteiger partial charge in [-0.1, -0.05) is 71.9 Å². The Labute approximate surface area is 204 Å². The van der Waals surface area contributed by atoms with Crippen LogP contribution in [0.4, 0.5) is 0 Å². The van der Waals surface area contributed by atoms with Gasteiger partial charge in [0.25, 0.3) is 5.91 Å². The van der Waals surface area contributed by atoms with E-state index >= 15 is 0 Å². The summed E-state index contributed by atoms with van der Waals surface area (Å²) in [6.45, 7) is 0.504. The number of hydrogen-bond donors (Lipinski definition) is 3. The lowest BCUT2D eigenvalue weighted by atomic mass is 9.75. The summed E-state index contributed by atoms with van der Waals surface area (Å²) in [4.78, 5) is 23.5. The lowest BCUT2D eigenvalue weighted by molar-refractivity contribution is -0.144. The number of carbonyl (C=O) groups excluding carboxylic acids is 1. The van der Waals surface area contributed by atoms with E-state index in [1.54, 1.807) is 6.20 Å². The first-order valence-electron chi connectivity index (χ1n) is 11.5. The molecule has 4 rings (SSSR count). The summed E-state index contributed by atoms with van der Waals surface area (Å²) in [5.41, 5.74) is 1.83. The standard InChI is InChI=1S/C26H28BN3O5/c31-25(29-24(27(32)33)15-20-9-3-1-4-10-20)26(16-21-11-5-2-6-12-21)17-23(30-35-26)19-34-18-22-13-7-8-14-28-22/h1-14,24,32-33H,15-19H2,(H,29,31)/t24-,26?/m0/s1. The molecule has 9 heteroatoms. The zero-order chi connectivity index (χ0) is 24.5. The first-order valence-corrected chi connectivity index (χ1v) is 11.5. The van der Waals surface area contributed by atoms with E-state index < -0.39 is 24.6 Å². The lowest BCUT2D eigenvalue weighted by Crippen LogP contribution is -2.56. The normalized spacial score (nSPS) is 17.8. The quantitative estimate of drug-likeness (QED) is 0.368. The Morgan fingerprint density at radius 2 is 1.69 bits per heavy atom. The van der Waals surface area contributed by atoms with E-state index in [0.29, 0.717) is 12.3 Å². The minimum absolute atomic E-state index is 0.191. The maximum atomic E-state index is 13.5. The van der Waals surface area contributed by atoms with Crippen LogP contribution in [0.15, 0.2) is 90.2 Å². The second-order valence-corrected chi connectivity index (χ2v) is 8.58. The van der Waals surface area contributed by atoms with Gasteiger partial charge in [0, 0.05) is 19.0 Å². The topological polar surface area (TPSA) is 113 Å². The van der Waals surface area contributed by atoms with Gasteiger partial charge in [0.1, 0.15) is 0 Å². The maximum absolute atomic E-state index is 13.5. The minimum atomic E-state index is -1.74. The number of nitrogens with zero attached hydrogens (tertiary/aromatic N) is 2. The first kappa shape index (κ1) is 24.6. The van der Waals surface area contributed by atoms with Crippen molar-refractivity contribution in [3.05, 3.63) is 102 Å². The number of rotatable bonds is 11. The molecule has 0 radical (unpaired) electrons. The number of nitrogens with one attached hydrogen (secondary N) is 1. The summed E-state index contributed by atoms with van der Waals surface area (Å²) in [6.07, 6.45) is 2.44. The molecule has 0 saturated carbocycles. The Morgan fingerprint density at radius 3 is 2.34 bits per heavy atom. The number of carbonyl (C=O) groups is 1. The molecular formula is C26H28BN3O5. The second kappa shape index (κ2) is 11.7. The predicted molar refractivity (Wildman–Crippen MR) is 132 cm³/mol. The van der Waals surface area contributed by atoms with Crippen molar-refractivity contribution in [1.29, 1.82) is 0 Å². The molecule has 1 amide bonds. The van der Waals surface area contributed by atoms with Gasteiger partial charge in [0.15, 0.2) is 0 Å². The number of hydrogen-bond acceptors (Lipinski definition) is 7. The van der Waals surface area contributed by atoms with Crippen LogP contribution in [-0.2, 0) is 33.8 Å². The molecule has 2 heterocycles. The van der Waals surface area contributed by atoms with Crippen molar-refractivity contribution in [2.75, 3.05) is 6.61 Å². The summed E-state index contributed by atoms with van der Waals surface area (Å²) in [7, 11) is -1.74. The molecule has 35 heavy (non-hydrogen) atoms. The Morgan fingerprint density at radius 1 is 1.00 bits per heavy atom. The average molecular weight is 473 g/mol. The molecule has 0 aliphatic carbocycles. The van der Waals surface area contributed by atoms with Gasteiger partial charge < -0.3 is 24.9 Å². The van der Waals surface area contributed by atoms with Crippen molar-refractivity contribution < 1.29 is 24.4 Å². The van der Waals surface area contributed by atoms with Gasteiger partial charge in [-0.05, 0) is 29.7 Å². The van der Waals surface area contributed by atoms with Crippen LogP contribution in [0.25, 0.3) is 0 Å². The molecule has 0 saturated heterocycles. The summed E-state index contributed by atoms with van der Waals surface area (Å²) in [5, 5.41) is 26.9. The third kappa shape index (κ3) is 6.76. The van der Waals surface area contributed by atoms with Crippen LogP contribution in [0.1, 0.15) is 23.2 Å². The fourth-order valence-corrected chi connectivity index (χ4v) is 4.00. The number of benzene rings is 2. The Kier molecular flexibility index (Phi) is 8.25. The fourth-order valence-electron chi connectivity index (χ4n) is 4.00. The smallest absolute Gasteiger partial charge is 0.426 e. The Hall–Kier alpha value is -3.53. The molecule has 0 fully saturated rings. The van der Waals surface area contributed by atoms with Crippen LogP contribution >= 0.6 is 0 Å². The van der Waals surface area contributed by atoms with Gasteiger partial charge in [0.05, 0.1) is 30.6 Å². The zero-order valence-electron chi connectivity index (χ0n) is 19.3. The number of aromatic nitrogens is 1. The SMILES string of the molecule is O=C(N[C@@H](Cc1ccccc1)B(O)O)C1(Cc2ccccc2)CC(COCc2ccccn2)=NO1. The largest absolute Gasteiger partial charge is 0.475 e. The third-order valence-corrected chi connectivity index (χ3v) is 5.81. The van der Waals surface area contributed by atoms with Crippen molar-refractivity contribution in [3.63, 3.8) is 0 Å². The van der Waals surface area contributed by atoms with E-state index in [9.17, 15) is 14.8 Å². The highest BCUT2D eigenvalue weighted by atomic mass is 16.7.